The quantitative estimate of drug-likeness (QED) is 0.331. The van der Waals surface area contributed by atoms with Gasteiger partial charge >= 0.3 is 0 Å². The van der Waals surface area contributed by atoms with E-state index in [-0.39, 0.29) is 35.8 Å². The monoisotopic (exact) mass is 458 g/mol. The first kappa shape index (κ1) is 21.7. The molecule has 0 radical (unpaired) electrons. The second-order valence-corrected chi connectivity index (χ2v) is 6.66. The highest BCUT2D eigenvalue weighted by atomic mass is 127. The van der Waals surface area contributed by atoms with Gasteiger partial charge in [0.2, 0.25) is 5.91 Å². The van der Waals surface area contributed by atoms with Crippen LogP contribution in [0.1, 0.15) is 46.1 Å². The van der Waals surface area contributed by atoms with Gasteiger partial charge < -0.3 is 16.0 Å². The average Bonchev–Trinajstić information content (AvgIpc) is 3.27. The van der Waals surface area contributed by atoms with Crippen LogP contribution in [-0.4, -0.2) is 24.5 Å². The van der Waals surface area contributed by atoms with Gasteiger partial charge in [0, 0.05) is 24.2 Å². The largest absolute Gasteiger partial charge is 0.357 e. The SMILES string of the molecule is CCNC(=NCc1cccc(NC(=O)C(C)CC)c1)NC1CC1C.I. The fraction of sp³-hybridized carbons (Fsp3) is 0.579. The van der Waals surface area contributed by atoms with Crippen molar-refractivity contribution in [3.8, 4) is 0 Å². The molecular formula is C19H31IN4O. The maximum absolute atomic E-state index is 12.0. The number of halogens is 1. The van der Waals surface area contributed by atoms with Gasteiger partial charge in [0.05, 0.1) is 6.54 Å². The molecule has 0 aliphatic heterocycles. The molecule has 0 saturated heterocycles. The van der Waals surface area contributed by atoms with Gasteiger partial charge in [-0.25, -0.2) is 4.99 Å². The number of rotatable bonds is 7. The normalized spacial score (nSPS) is 20.2. The van der Waals surface area contributed by atoms with Crippen LogP contribution in [0.25, 0.3) is 0 Å². The van der Waals surface area contributed by atoms with E-state index in [4.69, 9.17) is 0 Å². The number of carbonyl (C=O) groups is 1. The second-order valence-electron chi connectivity index (χ2n) is 6.66. The van der Waals surface area contributed by atoms with Crippen LogP contribution in [0.15, 0.2) is 29.3 Å². The standard InChI is InChI=1S/C19H30N4O.HI/c1-5-13(3)18(24)22-16-9-7-8-15(11-16)12-21-19(20-6-2)23-17-10-14(17)4;/h7-9,11,13-14,17H,5-6,10,12H2,1-4H3,(H,22,24)(H2,20,21,23);1H. The van der Waals surface area contributed by atoms with Crippen molar-refractivity contribution in [1.82, 2.24) is 10.6 Å². The summed E-state index contributed by atoms with van der Waals surface area (Å²) in [5.41, 5.74) is 1.92. The Balaban J connectivity index is 0.00000312. The van der Waals surface area contributed by atoms with Gasteiger partial charge in [-0.2, -0.15) is 0 Å². The number of amides is 1. The van der Waals surface area contributed by atoms with Gasteiger partial charge in [-0.1, -0.05) is 32.9 Å². The van der Waals surface area contributed by atoms with Gasteiger partial charge in [-0.15, -0.1) is 24.0 Å². The van der Waals surface area contributed by atoms with Gasteiger partial charge in [0.1, 0.15) is 0 Å². The summed E-state index contributed by atoms with van der Waals surface area (Å²) in [4.78, 5) is 16.7. The number of hydrogen-bond donors (Lipinski definition) is 3. The number of carbonyl (C=O) groups excluding carboxylic acids is 1. The van der Waals surface area contributed by atoms with Gasteiger partial charge in [-0.3, -0.25) is 4.79 Å². The first-order valence-electron chi connectivity index (χ1n) is 8.98. The van der Waals surface area contributed by atoms with E-state index >= 15 is 0 Å². The van der Waals surface area contributed by atoms with Crippen molar-refractivity contribution in [2.75, 3.05) is 11.9 Å². The van der Waals surface area contributed by atoms with E-state index < -0.39 is 0 Å². The van der Waals surface area contributed by atoms with Crippen molar-refractivity contribution in [3.05, 3.63) is 29.8 Å². The number of anilines is 1. The van der Waals surface area contributed by atoms with Crippen LogP contribution in [0.2, 0.25) is 0 Å². The maximum atomic E-state index is 12.0. The lowest BCUT2D eigenvalue weighted by atomic mass is 10.1. The summed E-state index contributed by atoms with van der Waals surface area (Å²) in [6, 6.07) is 8.45. The molecule has 5 nitrogen and oxygen atoms in total. The summed E-state index contributed by atoms with van der Waals surface area (Å²) in [6.45, 7) is 9.70. The van der Waals surface area contributed by atoms with Crippen LogP contribution in [0.4, 0.5) is 5.69 Å². The minimum absolute atomic E-state index is 0. The molecule has 25 heavy (non-hydrogen) atoms. The Hall–Kier alpha value is -1.31. The smallest absolute Gasteiger partial charge is 0.227 e. The summed E-state index contributed by atoms with van der Waals surface area (Å²) >= 11 is 0. The summed E-state index contributed by atoms with van der Waals surface area (Å²) in [7, 11) is 0. The molecule has 3 N–H and O–H groups in total. The Bertz CT molecular complexity index is 591. The van der Waals surface area contributed by atoms with E-state index in [0.717, 1.165) is 36.1 Å². The Morgan fingerprint density at radius 2 is 2.08 bits per heavy atom. The third kappa shape index (κ3) is 7.22. The Labute approximate surface area is 168 Å². The number of guanidine groups is 1. The fourth-order valence-electron chi connectivity index (χ4n) is 2.39. The van der Waals surface area contributed by atoms with Gasteiger partial charge in [-0.05, 0) is 43.4 Å². The Morgan fingerprint density at radius 3 is 2.68 bits per heavy atom. The second kappa shape index (κ2) is 10.6. The first-order valence-corrected chi connectivity index (χ1v) is 8.98. The van der Waals surface area contributed by atoms with E-state index in [1.54, 1.807) is 0 Å². The maximum Gasteiger partial charge on any atom is 0.227 e. The van der Waals surface area contributed by atoms with Gasteiger partial charge in [0.15, 0.2) is 5.96 Å². The summed E-state index contributed by atoms with van der Waals surface area (Å²) in [5.74, 6) is 1.68. The lowest BCUT2D eigenvalue weighted by Gasteiger charge is -2.12. The molecule has 0 heterocycles. The molecule has 140 valence electrons. The van der Waals surface area contributed by atoms with E-state index in [0.29, 0.717) is 12.6 Å². The van der Waals surface area contributed by atoms with E-state index in [9.17, 15) is 4.79 Å². The molecule has 1 aromatic carbocycles. The van der Waals surface area contributed by atoms with Crippen molar-refractivity contribution in [2.24, 2.45) is 16.8 Å². The van der Waals surface area contributed by atoms with Crippen molar-refractivity contribution in [2.45, 2.75) is 53.1 Å². The zero-order valence-corrected chi connectivity index (χ0v) is 18.0. The molecule has 0 spiro atoms. The topological polar surface area (TPSA) is 65.5 Å². The molecule has 1 aromatic rings. The average molecular weight is 458 g/mol. The van der Waals surface area contributed by atoms with Crippen LogP contribution in [0.5, 0.6) is 0 Å². The fourth-order valence-corrected chi connectivity index (χ4v) is 2.39. The molecule has 1 fully saturated rings. The van der Waals surface area contributed by atoms with E-state index in [1.165, 1.54) is 6.42 Å². The molecule has 3 unspecified atom stereocenters. The molecule has 1 saturated carbocycles. The molecule has 1 amide bonds. The third-order valence-electron chi connectivity index (χ3n) is 4.45. The highest BCUT2D eigenvalue weighted by Gasteiger charge is 2.33. The molecule has 6 heteroatoms. The van der Waals surface area contributed by atoms with E-state index in [1.807, 2.05) is 38.1 Å². The Kier molecular flexibility index (Phi) is 9.24. The predicted molar refractivity (Wildman–Crippen MR) is 115 cm³/mol. The molecule has 1 aliphatic carbocycles. The third-order valence-corrected chi connectivity index (χ3v) is 4.45. The minimum atomic E-state index is 0. The van der Waals surface area contributed by atoms with Crippen LogP contribution < -0.4 is 16.0 Å². The van der Waals surface area contributed by atoms with Crippen molar-refractivity contribution < 1.29 is 4.79 Å². The number of hydrogen-bond acceptors (Lipinski definition) is 2. The molecule has 3 atom stereocenters. The minimum Gasteiger partial charge on any atom is -0.357 e. The number of nitrogens with zero attached hydrogens (tertiary/aromatic N) is 1. The van der Waals surface area contributed by atoms with Crippen molar-refractivity contribution >= 4 is 41.5 Å². The summed E-state index contributed by atoms with van der Waals surface area (Å²) in [6.07, 6.45) is 2.05. The van der Waals surface area contributed by atoms with Crippen LogP contribution >= 0.6 is 24.0 Å². The summed E-state index contributed by atoms with van der Waals surface area (Å²) in [5, 5.41) is 9.71. The lowest BCUT2D eigenvalue weighted by Crippen LogP contribution is -2.39. The van der Waals surface area contributed by atoms with E-state index in [2.05, 4.69) is 34.8 Å². The van der Waals surface area contributed by atoms with Gasteiger partial charge in [0.25, 0.3) is 0 Å². The summed E-state index contributed by atoms with van der Waals surface area (Å²) < 4.78 is 0. The zero-order chi connectivity index (χ0) is 17.5. The predicted octanol–water partition coefficient (Wildman–Crippen LogP) is 3.75. The molecule has 0 aromatic heterocycles. The number of aliphatic imine (C=N–C) groups is 1. The molecule has 0 bridgehead atoms. The number of benzene rings is 1. The highest BCUT2D eigenvalue weighted by molar-refractivity contribution is 14.0. The van der Waals surface area contributed by atoms with Crippen LogP contribution in [-0.2, 0) is 11.3 Å². The molecule has 1 aliphatic rings. The highest BCUT2D eigenvalue weighted by Crippen LogP contribution is 2.28. The van der Waals surface area contributed by atoms with Crippen molar-refractivity contribution in [1.29, 1.82) is 0 Å². The lowest BCUT2D eigenvalue weighted by molar-refractivity contribution is -0.119. The van der Waals surface area contributed by atoms with Crippen LogP contribution in [0.3, 0.4) is 0 Å². The van der Waals surface area contributed by atoms with Crippen molar-refractivity contribution in [3.63, 3.8) is 0 Å². The van der Waals surface area contributed by atoms with Crippen LogP contribution in [0, 0.1) is 11.8 Å². The first-order chi connectivity index (χ1) is 11.5. The molecule has 2 rings (SSSR count). The zero-order valence-electron chi connectivity index (χ0n) is 15.6. The number of nitrogens with one attached hydrogen (secondary N) is 3. The molecular weight excluding hydrogens is 427 g/mol. The Morgan fingerprint density at radius 1 is 1.36 bits per heavy atom.